The van der Waals surface area contributed by atoms with Gasteiger partial charge in [0, 0.05) is 11.6 Å². The number of anilines is 1. The van der Waals surface area contributed by atoms with Gasteiger partial charge >= 0.3 is 0 Å². The summed E-state index contributed by atoms with van der Waals surface area (Å²) >= 11 is 0. The highest BCUT2D eigenvalue weighted by Crippen LogP contribution is 2.31. The molecule has 2 aromatic rings. The van der Waals surface area contributed by atoms with E-state index in [-0.39, 0.29) is 11.8 Å². The highest BCUT2D eigenvalue weighted by Gasteiger charge is 2.25. The van der Waals surface area contributed by atoms with E-state index in [1.165, 1.54) is 29.8 Å². The van der Waals surface area contributed by atoms with E-state index in [0.29, 0.717) is 11.4 Å². The number of hydrogen-bond acceptors (Lipinski definition) is 3. The number of carbonyl (C=O) groups is 1. The average molecular weight is 316 g/mol. The van der Waals surface area contributed by atoms with Crippen LogP contribution in [0.2, 0.25) is 0 Å². The predicted molar refractivity (Wildman–Crippen MR) is 85.7 cm³/mol. The van der Waals surface area contributed by atoms with Gasteiger partial charge < -0.3 is 5.32 Å². The van der Waals surface area contributed by atoms with Gasteiger partial charge in [-0.15, -0.1) is 0 Å². The lowest BCUT2D eigenvalue weighted by atomic mass is 9.80. The first-order valence-corrected chi connectivity index (χ1v) is 8.12. The summed E-state index contributed by atoms with van der Waals surface area (Å²) in [5, 5.41) is 6.74. The maximum absolute atomic E-state index is 14.2. The molecule has 1 amide bonds. The third-order valence-corrected chi connectivity index (χ3v) is 4.68. The van der Waals surface area contributed by atoms with Gasteiger partial charge in [0.15, 0.2) is 5.82 Å². The van der Waals surface area contributed by atoms with E-state index in [1.807, 2.05) is 0 Å². The molecular weight excluding hydrogens is 295 g/mol. The number of hydrogen-bond donors (Lipinski definition) is 1. The van der Waals surface area contributed by atoms with Crippen molar-refractivity contribution < 1.29 is 9.18 Å². The minimum Gasteiger partial charge on any atom is -0.326 e. The van der Waals surface area contributed by atoms with Crippen LogP contribution >= 0.6 is 0 Å². The van der Waals surface area contributed by atoms with Crippen molar-refractivity contribution in [1.29, 1.82) is 0 Å². The molecule has 1 aliphatic rings. The zero-order valence-corrected chi connectivity index (χ0v) is 13.2. The van der Waals surface area contributed by atoms with E-state index in [4.69, 9.17) is 0 Å². The first kappa shape index (κ1) is 15.6. The van der Waals surface area contributed by atoms with Crippen LogP contribution in [0.5, 0.6) is 0 Å². The lowest BCUT2D eigenvalue weighted by Gasteiger charge is -2.26. The second kappa shape index (κ2) is 6.89. The van der Waals surface area contributed by atoms with E-state index in [1.54, 1.807) is 12.1 Å². The van der Waals surface area contributed by atoms with Crippen LogP contribution in [0.4, 0.5) is 10.1 Å². The maximum Gasteiger partial charge on any atom is 0.227 e. The zero-order chi connectivity index (χ0) is 16.2. The summed E-state index contributed by atoms with van der Waals surface area (Å²) in [6.07, 6.45) is 8.02. The Balaban J connectivity index is 1.64. The summed E-state index contributed by atoms with van der Waals surface area (Å²) in [5.74, 6) is 0.338. The summed E-state index contributed by atoms with van der Waals surface area (Å²) in [6.45, 7) is 2.20. The highest BCUT2D eigenvalue weighted by molar-refractivity contribution is 5.92. The Morgan fingerprint density at radius 3 is 2.74 bits per heavy atom. The number of rotatable bonds is 4. The molecule has 3 rings (SSSR count). The van der Waals surface area contributed by atoms with Gasteiger partial charge in [0.1, 0.15) is 18.3 Å². The Bertz CT molecular complexity index is 663. The van der Waals surface area contributed by atoms with Gasteiger partial charge in [0.25, 0.3) is 0 Å². The zero-order valence-electron chi connectivity index (χ0n) is 13.2. The summed E-state index contributed by atoms with van der Waals surface area (Å²) in [7, 11) is 0. The molecular formula is C17H21FN4O. The molecule has 1 aromatic carbocycles. The third kappa shape index (κ3) is 3.57. The third-order valence-electron chi connectivity index (χ3n) is 4.68. The number of nitrogens with one attached hydrogen (secondary N) is 1. The molecule has 0 bridgehead atoms. The number of amides is 1. The van der Waals surface area contributed by atoms with Gasteiger partial charge in [-0.3, -0.25) is 4.79 Å². The van der Waals surface area contributed by atoms with Crippen molar-refractivity contribution in [3.05, 3.63) is 36.7 Å². The largest absolute Gasteiger partial charge is 0.326 e. The fraction of sp³-hybridized carbons (Fsp3) is 0.471. The fourth-order valence-corrected chi connectivity index (χ4v) is 3.18. The molecule has 1 aromatic heterocycles. The molecule has 1 heterocycles. The molecule has 0 spiro atoms. The van der Waals surface area contributed by atoms with Crippen LogP contribution in [-0.4, -0.2) is 20.7 Å². The molecule has 122 valence electrons. The van der Waals surface area contributed by atoms with Gasteiger partial charge in [-0.1, -0.05) is 13.3 Å². The van der Waals surface area contributed by atoms with E-state index >= 15 is 0 Å². The van der Waals surface area contributed by atoms with Crippen molar-refractivity contribution >= 4 is 11.6 Å². The van der Waals surface area contributed by atoms with Crippen LogP contribution in [0, 0.1) is 17.7 Å². The molecule has 5 nitrogen and oxygen atoms in total. The lowest BCUT2D eigenvalue weighted by Crippen LogP contribution is -2.27. The maximum atomic E-state index is 14.2. The summed E-state index contributed by atoms with van der Waals surface area (Å²) in [4.78, 5) is 16.1. The van der Waals surface area contributed by atoms with Crippen molar-refractivity contribution in [2.75, 3.05) is 5.32 Å². The molecule has 1 saturated carbocycles. The summed E-state index contributed by atoms with van der Waals surface area (Å²) < 4.78 is 15.5. The Kier molecular flexibility index (Phi) is 4.69. The molecule has 6 heteroatoms. The van der Waals surface area contributed by atoms with Crippen molar-refractivity contribution in [3.63, 3.8) is 0 Å². The molecule has 0 aliphatic heterocycles. The number of benzene rings is 1. The topological polar surface area (TPSA) is 59.8 Å². The molecule has 0 atom stereocenters. The first-order valence-electron chi connectivity index (χ1n) is 8.12. The Morgan fingerprint density at radius 2 is 2.13 bits per heavy atom. The number of aromatic nitrogens is 3. The van der Waals surface area contributed by atoms with E-state index < -0.39 is 5.82 Å². The minimum atomic E-state index is -0.442. The second-order valence-electron chi connectivity index (χ2n) is 6.12. The van der Waals surface area contributed by atoms with Crippen LogP contribution < -0.4 is 5.32 Å². The Labute approximate surface area is 134 Å². The van der Waals surface area contributed by atoms with Gasteiger partial charge in [0.05, 0.1) is 0 Å². The SMILES string of the molecule is CCC1CCC(C(=O)Nc2ccc(-n3cncn3)c(F)c2)CC1. The van der Waals surface area contributed by atoms with E-state index in [0.717, 1.165) is 31.6 Å². The summed E-state index contributed by atoms with van der Waals surface area (Å²) in [5.41, 5.74) is 0.790. The normalized spacial score (nSPS) is 21.1. The average Bonchev–Trinajstić information content (AvgIpc) is 3.09. The minimum absolute atomic E-state index is 0.00698. The van der Waals surface area contributed by atoms with E-state index in [2.05, 4.69) is 22.3 Å². The molecule has 23 heavy (non-hydrogen) atoms. The van der Waals surface area contributed by atoms with Crippen molar-refractivity contribution in [3.8, 4) is 5.69 Å². The van der Waals surface area contributed by atoms with Gasteiger partial charge in [-0.2, -0.15) is 5.10 Å². The van der Waals surface area contributed by atoms with Crippen LogP contribution in [0.3, 0.4) is 0 Å². The molecule has 0 radical (unpaired) electrons. The van der Waals surface area contributed by atoms with Gasteiger partial charge in [0.2, 0.25) is 5.91 Å². The molecule has 0 saturated heterocycles. The van der Waals surface area contributed by atoms with Gasteiger partial charge in [-0.25, -0.2) is 14.1 Å². The lowest BCUT2D eigenvalue weighted by molar-refractivity contribution is -0.121. The van der Waals surface area contributed by atoms with Crippen LogP contribution in [0.15, 0.2) is 30.9 Å². The van der Waals surface area contributed by atoms with Crippen LogP contribution in [-0.2, 0) is 4.79 Å². The molecule has 0 unspecified atom stereocenters. The van der Waals surface area contributed by atoms with Crippen molar-refractivity contribution in [2.45, 2.75) is 39.0 Å². The predicted octanol–water partition coefficient (Wildman–Crippen LogP) is 3.56. The number of nitrogens with zero attached hydrogens (tertiary/aromatic N) is 3. The Hall–Kier alpha value is -2.24. The molecule has 1 aliphatic carbocycles. The van der Waals surface area contributed by atoms with Gasteiger partial charge in [-0.05, 0) is 49.8 Å². The molecule has 1 N–H and O–H groups in total. The smallest absolute Gasteiger partial charge is 0.227 e. The quantitative estimate of drug-likeness (QED) is 0.938. The monoisotopic (exact) mass is 316 g/mol. The number of carbonyl (C=O) groups excluding carboxylic acids is 1. The Morgan fingerprint density at radius 1 is 1.35 bits per heavy atom. The number of halogens is 1. The van der Waals surface area contributed by atoms with E-state index in [9.17, 15) is 9.18 Å². The summed E-state index contributed by atoms with van der Waals surface area (Å²) in [6, 6.07) is 4.61. The fourth-order valence-electron chi connectivity index (χ4n) is 3.18. The second-order valence-corrected chi connectivity index (χ2v) is 6.12. The highest BCUT2D eigenvalue weighted by atomic mass is 19.1. The standard InChI is InChI=1S/C17H21FN4O/c1-2-12-3-5-13(6-4-12)17(23)21-14-7-8-16(15(18)9-14)22-11-19-10-20-22/h7-13H,2-6H2,1H3,(H,21,23). The molecule has 1 fully saturated rings. The van der Waals surface area contributed by atoms with Crippen LogP contribution in [0.25, 0.3) is 5.69 Å². The van der Waals surface area contributed by atoms with Crippen molar-refractivity contribution in [2.24, 2.45) is 11.8 Å². The van der Waals surface area contributed by atoms with Crippen molar-refractivity contribution in [1.82, 2.24) is 14.8 Å². The first-order chi connectivity index (χ1) is 11.2. The van der Waals surface area contributed by atoms with Crippen LogP contribution in [0.1, 0.15) is 39.0 Å².